The molecule has 1 amide bonds. The zero-order valence-electron chi connectivity index (χ0n) is 18.6. The number of benzene rings is 2. The number of amides is 1. The van der Waals surface area contributed by atoms with E-state index in [1.54, 1.807) is 24.3 Å². The number of hydrogen-bond acceptors (Lipinski definition) is 5. The third-order valence-corrected chi connectivity index (χ3v) is 7.46. The summed E-state index contributed by atoms with van der Waals surface area (Å²) in [5, 5.41) is 12.2. The van der Waals surface area contributed by atoms with E-state index in [-0.39, 0.29) is 5.91 Å². The molecule has 2 heterocycles. The van der Waals surface area contributed by atoms with E-state index in [1.165, 1.54) is 6.42 Å². The number of halogens is 2. The number of carbonyl (C=O) groups is 1. The van der Waals surface area contributed by atoms with Crippen LogP contribution < -0.4 is 10.3 Å². The fourth-order valence-electron chi connectivity index (χ4n) is 4.55. The van der Waals surface area contributed by atoms with Crippen molar-refractivity contribution in [3.8, 4) is 6.07 Å². The van der Waals surface area contributed by atoms with Crippen LogP contribution in [0.1, 0.15) is 35.2 Å². The SMILES string of the molecule is N#Cc1ccc(C(=O)NN2CCC(CCN3CCN(c4cccc(Cl)c4Cl)CC3)CC2)cc1. The number of rotatable bonds is 6. The summed E-state index contributed by atoms with van der Waals surface area (Å²) in [6.07, 6.45) is 3.37. The lowest BCUT2D eigenvalue weighted by Gasteiger charge is -2.38. The number of piperidine rings is 1. The Hall–Kier alpha value is -2.30. The number of carbonyl (C=O) groups excluding carboxylic acids is 1. The number of nitrogens with zero attached hydrogens (tertiary/aromatic N) is 4. The van der Waals surface area contributed by atoms with E-state index in [0.29, 0.717) is 27.1 Å². The van der Waals surface area contributed by atoms with Gasteiger partial charge in [0.05, 0.1) is 27.4 Å². The van der Waals surface area contributed by atoms with E-state index >= 15 is 0 Å². The summed E-state index contributed by atoms with van der Waals surface area (Å²) in [5.74, 6) is 0.573. The Morgan fingerprint density at radius 2 is 1.70 bits per heavy atom. The van der Waals surface area contributed by atoms with Gasteiger partial charge in [-0.3, -0.25) is 15.1 Å². The van der Waals surface area contributed by atoms with Crippen LogP contribution in [0.3, 0.4) is 0 Å². The largest absolute Gasteiger partial charge is 0.368 e. The van der Waals surface area contributed by atoms with Crippen molar-refractivity contribution in [2.45, 2.75) is 19.3 Å². The van der Waals surface area contributed by atoms with Gasteiger partial charge in [-0.2, -0.15) is 5.26 Å². The van der Waals surface area contributed by atoms with Crippen LogP contribution in [-0.2, 0) is 0 Å². The average Bonchev–Trinajstić information content (AvgIpc) is 2.86. The summed E-state index contributed by atoms with van der Waals surface area (Å²) in [4.78, 5) is 17.3. The lowest BCUT2D eigenvalue weighted by molar-refractivity contribution is 0.0687. The Kier molecular flexibility index (Phi) is 8.11. The molecule has 0 saturated carbocycles. The summed E-state index contributed by atoms with van der Waals surface area (Å²) in [6.45, 7) is 6.82. The van der Waals surface area contributed by atoms with Crippen molar-refractivity contribution in [1.82, 2.24) is 15.3 Å². The van der Waals surface area contributed by atoms with Gasteiger partial charge in [-0.1, -0.05) is 29.3 Å². The third kappa shape index (κ3) is 6.18. The highest BCUT2D eigenvalue weighted by molar-refractivity contribution is 6.43. The van der Waals surface area contributed by atoms with Crippen LogP contribution in [0.4, 0.5) is 5.69 Å². The van der Waals surface area contributed by atoms with Crippen LogP contribution in [0, 0.1) is 17.2 Å². The molecule has 4 rings (SSSR count). The van der Waals surface area contributed by atoms with Gasteiger partial charge in [-0.05, 0) is 68.1 Å². The fraction of sp³-hybridized carbons (Fsp3) is 0.440. The minimum atomic E-state index is -0.115. The average molecular weight is 486 g/mol. The molecule has 2 aliphatic rings. The standard InChI is InChI=1S/C25H29Cl2N5O/c26-22-2-1-3-23(24(22)27)31-16-14-30(15-17-31)11-8-19-9-12-32(13-10-19)29-25(33)21-6-4-20(18-28)5-7-21/h1-7,19H,8-17H2,(H,29,33). The number of hydrazine groups is 1. The molecule has 0 atom stereocenters. The predicted octanol–water partition coefficient (Wildman–Crippen LogP) is 4.43. The van der Waals surface area contributed by atoms with Gasteiger partial charge in [-0.25, -0.2) is 5.01 Å². The summed E-state index contributed by atoms with van der Waals surface area (Å²) >= 11 is 12.6. The zero-order valence-corrected chi connectivity index (χ0v) is 20.2. The van der Waals surface area contributed by atoms with Gasteiger partial charge < -0.3 is 4.90 Å². The van der Waals surface area contributed by atoms with Crippen molar-refractivity contribution in [2.24, 2.45) is 5.92 Å². The lowest BCUT2D eigenvalue weighted by atomic mass is 9.94. The van der Waals surface area contributed by atoms with Crippen molar-refractivity contribution in [3.63, 3.8) is 0 Å². The second kappa shape index (κ2) is 11.2. The van der Waals surface area contributed by atoms with Gasteiger partial charge in [0, 0.05) is 44.8 Å². The smallest absolute Gasteiger partial charge is 0.265 e. The molecule has 2 fully saturated rings. The topological polar surface area (TPSA) is 62.6 Å². The molecule has 2 aromatic carbocycles. The maximum atomic E-state index is 12.4. The Balaban J connectivity index is 1.15. The number of hydrogen-bond donors (Lipinski definition) is 1. The van der Waals surface area contributed by atoms with E-state index in [9.17, 15) is 4.79 Å². The minimum Gasteiger partial charge on any atom is -0.368 e. The summed E-state index contributed by atoms with van der Waals surface area (Å²) in [5.41, 5.74) is 5.17. The van der Waals surface area contributed by atoms with E-state index in [0.717, 1.165) is 64.3 Å². The van der Waals surface area contributed by atoms with Crippen LogP contribution in [0.5, 0.6) is 0 Å². The number of piperazine rings is 1. The van der Waals surface area contributed by atoms with Gasteiger partial charge in [0.2, 0.25) is 0 Å². The molecule has 0 unspecified atom stereocenters. The van der Waals surface area contributed by atoms with E-state index in [1.807, 2.05) is 23.2 Å². The second-order valence-corrected chi connectivity index (χ2v) is 9.54. The molecule has 0 aliphatic carbocycles. The first-order valence-corrected chi connectivity index (χ1v) is 12.3. The molecule has 174 valence electrons. The maximum Gasteiger partial charge on any atom is 0.265 e. The van der Waals surface area contributed by atoms with E-state index < -0.39 is 0 Å². The van der Waals surface area contributed by atoms with Crippen molar-refractivity contribution in [2.75, 3.05) is 50.7 Å². The number of nitriles is 1. The number of anilines is 1. The van der Waals surface area contributed by atoms with Gasteiger partial charge in [0.1, 0.15) is 0 Å². The van der Waals surface area contributed by atoms with Crippen LogP contribution >= 0.6 is 23.2 Å². The quantitative estimate of drug-likeness (QED) is 0.655. The predicted molar refractivity (Wildman–Crippen MR) is 133 cm³/mol. The summed E-state index contributed by atoms with van der Waals surface area (Å²) in [6, 6.07) is 14.6. The highest BCUT2D eigenvalue weighted by Crippen LogP contribution is 2.33. The molecule has 0 spiro atoms. The highest BCUT2D eigenvalue weighted by atomic mass is 35.5. The minimum absolute atomic E-state index is 0.115. The normalized spacial score (nSPS) is 18.2. The molecule has 0 bridgehead atoms. The Morgan fingerprint density at radius 1 is 1.00 bits per heavy atom. The molecular formula is C25H29Cl2N5O. The zero-order chi connectivity index (χ0) is 23.2. The van der Waals surface area contributed by atoms with E-state index in [2.05, 4.69) is 21.3 Å². The van der Waals surface area contributed by atoms with Crippen molar-refractivity contribution in [1.29, 1.82) is 5.26 Å². The lowest BCUT2D eigenvalue weighted by Crippen LogP contribution is -2.48. The Bertz CT molecular complexity index is 991. The van der Waals surface area contributed by atoms with E-state index in [4.69, 9.17) is 28.5 Å². The van der Waals surface area contributed by atoms with Crippen LogP contribution in [0.2, 0.25) is 10.0 Å². The van der Waals surface area contributed by atoms with Crippen molar-refractivity contribution in [3.05, 3.63) is 63.6 Å². The molecule has 1 N–H and O–H groups in total. The van der Waals surface area contributed by atoms with Gasteiger partial charge >= 0.3 is 0 Å². The highest BCUT2D eigenvalue weighted by Gasteiger charge is 2.23. The molecule has 8 heteroatoms. The van der Waals surface area contributed by atoms with Crippen molar-refractivity contribution < 1.29 is 4.79 Å². The number of nitrogens with one attached hydrogen (secondary N) is 1. The second-order valence-electron chi connectivity index (χ2n) is 8.75. The fourth-order valence-corrected chi connectivity index (χ4v) is 4.97. The third-order valence-electron chi connectivity index (χ3n) is 6.65. The van der Waals surface area contributed by atoms with Crippen LogP contribution in [-0.4, -0.2) is 61.6 Å². The van der Waals surface area contributed by atoms with Gasteiger partial charge in [0.25, 0.3) is 5.91 Å². The molecule has 33 heavy (non-hydrogen) atoms. The Labute approximate surface area is 205 Å². The molecule has 2 saturated heterocycles. The maximum absolute atomic E-state index is 12.4. The first-order chi connectivity index (χ1) is 16.0. The molecule has 0 radical (unpaired) electrons. The van der Waals surface area contributed by atoms with Crippen molar-refractivity contribution >= 4 is 34.8 Å². The van der Waals surface area contributed by atoms with Gasteiger partial charge in [0.15, 0.2) is 0 Å². The van der Waals surface area contributed by atoms with Crippen LogP contribution in [0.15, 0.2) is 42.5 Å². The monoisotopic (exact) mass is 485 g/mol. The Morgan fingerprint density at radius 3 is 2.36 bits per heavy atom. The first kappa shape index (κ1) is 23.8. The molecule has 2 aliphatic heterocycles. The van der Waals surface area contributed by atoms with Crippen LogP contribution in [0.25, 0.3) is 0 Å². The summed E-state index contributed by atoms with van der Waals surface area (Å²) in [7, 11) is 0. The molecule has 0 aromatic heterocycles. The summed E-state index contributed by atoms with van der Waals surface area (Å²) < 4.78 is 0. The van der Waals surface area contributed by atoms with Gasteiger partial charge in [-0.15, -0.1) is 0 Å². The molecular weight excluding hydrogens is 457 g/mol. The molecule has 6 nitrogen and oxygen atoms in total. The first-order valence-electron chi connectivity index (χ1n) is 11.5. The molecule has 2 aromatic rings.